The van der Waals surface area contributed by atoms with Crippen molar-refractivity contribution >= 4 is 62.1 Å². The molecule has 0 unspecified atom stereocenters. The lowest BCUT2D eigenvalue weighted by Gasteiger charge is -2.49. The molecule has 1 aromatic heterocycles. The first-order valence-corrected chi connectivity index (χ1v) is 24.1. The fraction of sp³-hybridized carbons (Fsp3) is 0.400. The van der Waals surface area contributed by atoms with E-state index in [0.29, 0.717) is 0 Å². The van der Waals surface area contributed by atoms with Gasteiger partial charge in [-0.05, 0) is 174 Å². The highest BCUT2D eigenvalue weighted by Gasteiger charge is 2.52. The Hall–Kier alpha value is -5.02. The van der Waals surface area contributed by atoms with Gasteiger partial charge in [-0.15, -0.1) is 0 Å². The predicted molar refractivity (Wildman–Crippen MR) is 270 cm³/mol. The average molecular weight is 826 g/mol. The number of anilines is 3. The summed E-state index contributed by atoms with van der Waals surface area (Å²) in [5, 5.41) is 2.35. The smallest absolute Gasteiger partial charge is 0.248 e. The second-order valence-corrected chi connectivity index (χ2v) is 24.4. The van der Waals surface area contributed by atoms with Crippen LogP contribution in [0.4, 0.5) is 17.1 Å². The van der Waals surface area contributed by atoms with E-state index >= 15 is 0 Å². The maximum absolute atomic E-state index is 6.61. The molecule has 63 heavy (non-hydrogen) atoms. The van der Waals surface area contributed by atoms with Crippen LogP contribution in [0.3, 0.4) is 0 Å². The van der Waals surface area contributed by atoms with Gasteiger partial charge in [0.15, 0.2) is 0 Å². The molecule has 12 rings (SSSR count). The molecule has 0 bridgehead atoms. The molecule has 0 radical (unpaired) electrons. The van der Waals surface area contributed by atoms with E-state index in [2.05, 4.69) is 185 Å². The van der Waals surface area contributed by atoms with Gasteiger partial charge in [-0.25, -0.2) is 0 Å². The number of hydrogen-bond acceptors (Lipinski definition) is 2. The molecule has 0 saturated carbocycles. The highest BCUT2D eigenvalue weighted by molar-refractivity contribution is 7.01. The van der Waals surface area contributed by atoms with Gasteiger partial charge < -0.3 is 9.32 Å². The van der Waals surface area contributed by atoms with Crippen molar-refractivity contribution in [1.29, 1.82) is 0 Å². The summed E-state index contributed by atoms with van der Waals surface area (Å²) in [6, 6.07) is 38.2. The van der Waals surface area contributed by atoms with Gasteiger partial charge in [0, 0.05) is 22.1 Å². The lowest BCUT2D eigenvalue weighted by atomic mass is 9.36. The lowest BCUT2D eigenvalue weighted by molar-refractivity contribution is 0.331. The van der Waals surface area contributed by atoms with E-state index in [-0.39, 0.29) is 39.2 Å². The van der Waals surface area contributed by atoms with Gasteiger partial charge in [0.05, 0.1) is 5.69 Å². The van der Waals surface area contributed by atoms with Crippen LogP contribution in [0.25, 0.3) is 44.2 Å². The number of hydrogen-bond donors (Lipinski definition) is 0. The number of para-hydroxylation sites is 1. The van der Waals surface area contributed by atoms with Gasteiger partial charge >= 0.3 is 0 Å². The van der Waals surface area contributed by atoms with E-state index in [9.17, 15) is 0 Å². The summed E-state index contributed by atoms with van der Waals surface area (Å²) >= 11 is 0. The summed E-state index contributed by atoms with van der Waals surface area (Å²) in [6.07, 6.45) is 7.08. The van der Waals surface area contributed by atoms with Crippen LogP contribution in [-0.2, 0) is 32.5 Å². The van der Waals surface area contributed by atoms with Crippen LogP contribution in [0.1, 0.15) is 155 Å². The Balaban J connectivity index is 1.25. The van der Waals surface area contributed by atoms with Crippen LogP contribution >= 0.6 is 0 Å². The first-order valence-electron chi connectivity index (χ1n) is 24.1. The number of nitrogens with zero attached hydrogens (tertiary/aromatic N) is 1. The topological polar surface area (TPSA) is 16.4 Å². The van der Waals surface area contributed by atoms with Crippen molar-refractivity contribution in [3.63, 3.8) is 0 Å². The van der Waals surface area contributed by atoms with Crippen molar-refractivity contribution < 1.29 is 4.42 Å². The molecule has 5 aliphatic rings. The van der Waals surface area contributed by atoms with Crippen molar-refractivity contribution in [2.24, 2.45) is 0 Å². The Labute approximate surface area is 376 Å². The molecule has 2 nitrogen and oxygen atoms in total. The maximum Gasteiger partial charge on any atom is 0.248 e. The van der Waals surface area contributed by atoms with E-state index in [1.54, 1.807) is 11.1 Å². The molecule has 0 atom stereocenters. The molecule has 2 aliphatic heterocycles. The Morgan fingerprint density at radius 1 is 0.444 bits per heavy atom. The van der Waals surface area contributed by atoms with Crippen LogP contribution in [0.5, 0.6) is 0 Å². The highest BCUT2D eigenvalue weighted by Crippen LogP contribution is 2.58. The quantitative estimate of drug-likeness (QED) is 0.161. The first-order chi connectivity index (χ1) is 29.7. The first kappa shape index (κ1) is 39.6. The minimum absolute atomic E-state index is 0.00679. The molecule has 0 saturated heterocycles. The third-order valence-corrected chi connectivity index (χ3v) is 17.6. The van der Waals surface area contributed by atoms with Gasteiger partial charge in [0.1, 0.15) is 11.2 Å². The molecular formula is C60H64BNO. The second kappa shape index (κ2) is 12.4. The van der Waals surface area contributed by atoms with E-state index in [0.717, 1.165) is 24.0 Å². The zero-order valence-corrected chi connectivity index (χ0v) is 39.9. The van der Waals surface area contributed by atoms with Crippen LogP contribution in [-0.4, -0.2) is 6.71 Å². The Morgan fingerprint density at radius 2 is 1.02 bits per heavy atom. The monoisotopic (exact) mass is 826 g/mol. The lowest BCUT2D eigenvalue weighted by Crippen LogP contribution is -2.56. The van der Waals surface area contributed by atoms with Crippen LogP contribution in [0.2, 0.25) is 0 Å². The molecule has 0 spiro atoms. The molecule has 7 aromatic rings. The van der Waals surface area contributed by atoms with Crippen molar-refractivity contribution in [2.75, 3.05) is 4.90 Å². The zero-order valence-electron chi connectivity index (χ0n) is 39.9. The van der Waals surface area contributed by atoms with E-state index < -0.39 is 0 Å². The molecule has 6 aromatic carbocycles. The third kappa shape index (κ3) is 5.32. The van der Waals surface area contributed by atoms with E-state index in [4.69, 9.17) is 4.42 Å². The SMILES string of the molecule is CC1(C)CCC(C)(C)c2c(N3c4cc(-c5ccc6c(c5)oc5ccccc56)cc5c4B(c4ccc6c(c4-5)C(C)(C)CCC6(C)C)c4ccc5c(c43)C(C)(C)CCC5(C)C)cccc21. The minimum atomic E-state index is -0.00828. The molecule has 0 N–H and O–H groups in total. The van der Waals surface area contributed by atoms with Crippen LogP contribution < -0.4 is 21.3 Å². The van der Waals surface area contributed by atoms with Crippen molar-refractivity contribution in [3.8, 4) is 22.3 Å². The molecule has 0 fully saturated rings. The van der Waals surface area contributed by atoms with Crippen molar-refractivity contribution in [3.05, 3.63) is 130 Å². The van der Waals surface area contributed by atoms with E-state index in [1.165, 1.54) is 114 Å². The highest BCUT2D eigenvalue weighted by atomic mass is 16.3. The largest absolute Gasteiger partial charge is 0.456 e. The maximum atomic E-state index is 6.61. The summed E-state index contributed by atoms with van der Waals surface area (Å²) in [7, 11) is 0. The Bertz CT molecular complexity index is 3150. The second-order valence-electron chi connectivity index (χ2n) is 24.4. The van der Waals surface area contributed by atoms with Crippen LogP contribution in [0.15, 0.2) is 101 Å². The summed E-state index contributed by atoms with van der Waals surface area (Å²) < 4.78 is 6.61. The predicted octanol–water partition coefficient (Wildman–Crippen LogP) is 14.6. The molecule has 3 aliphatic carbocycles. The molecule has 3 heteroatoms. The minimum Gasteiger partial charge on any atom is -0.456 e. The van der Waals surface area contributed by atoms with Gasteiger partial charge in [-0.3, -0.25) is 0 Å². The molecular weight excluding hydrogens is 761 g/mol. The summed E-state index contributed by atoms with van der Waals surface area (Å²) in [4.78, 5) is 2.84. The van der Waals surface area contributed by atoms with Gasteiger partial charge in [0.2, 0.25) is 6.71 Å². The summed E-state index contributed by atoms with van der Waals surface area (Å²) in [5.74, 6) is 0. The average Bonchev–Trinajstić information content (AvgIpc) is 3.78. The van der Waals surface area contributed by atoms with Crippen molar-refractivity contribution in [1.82, 2.24) is 0 Å². The number of rotatable bonds is 2. The summed E-state index contributed by atoms with van der Waals surface area (Å²) in [5.41, 5.74) is 25.4. The fourth-order valence-corrected chi connectivity index (χ4v) is 13.7. The standard InChI is InChI=1S/C60H64BNO/c1-55(2)26-29-58(7,8)50-40(55)17-15-18-45(50)62-46-33-36(35-20-21-38-37-16-13-14-19-47(37)63-48(38)34-35)32-39-49-43(24-22-41-51(49)59(9,10)30-27-56(41,3)4)61(53(39)46)44-25-23-42-52(54(44)62)60(11,12)31-28-57(42,5)6/h13-25,32-34H,26-31H2,1-12H3. The third-order valence-electron chi connectivity index (χ3n) is 17.6. The number of furan rings is 1. The Kier molecular flexibility index (Phi) is 7.79. The number of benzene rings is 6. The summed E-state index contributed by atoms with van der Waals surface area (Å²) in [6.45, 7) is 30.2. The van der Waals surface area contributed by atoms with Gasteiger partial charge in [-0.2, -0.15) is 0 Å². The van der Waals surface area contributed by atoms with Crippen LogP contribution in [0, 0.1) is 0 Å². The van der Waals surface area contributed by atoms with Crippen molar-refractivity contribution in [2.45, 2.75) is 154 Å². The zero-order chi connectivity index (χ0) is 44.0. The molecule has 0 amide bonds. The normalized spacial score (nSPS) is 21.0. The Morgan fingerprint density at radius 3 is 1.71 bits per heavy atom. The molecule has 3 heterocycles. The molecule has 318 valence electrons. The van der Waals surface area contributed by atoms with Gasteiger partial charge in [0.25, 0.3) is 0 Å². The fourth-order valence-electron chi connectivity index (χ4n) is 13.7. The number of fused-ring (bicyclic) bond motifs is 13. The van der Waals surface area contributed by atoms with Gasteiger partial charge in [-0.1, -0.05) is 149 Å². The van der Waals surface area contributed by atoms with E-state index in [1.807, 2.05) is 0 Å².